The van der Waals surface area contributed by atoms with Crippen molar-refractivity contribution in [1.29, 1.82) is 0 Å². The SMILES string of the molecule is COCC1CC(Cl)CCC1C(C)(C)C. The van der Waals surface area contributed by atoms with Gasteiger partial charge in [0.2, 0.25) is 0 Å². The summed E-state index contributed by atoms with van der Waals surface area (Å²) < 4.78 is 5.30. The largest absolute Gasteiger partial charge is 0.384 e. The van der Waals surface area contributed by atoms with Gasteiger partial charge in [-0.05, 0) is 36.5 Å². The second kappa shape index (κ2) is 4.85. The van der Waals surface area contributed by atoms with Crippen molar-refractivity contribution < 1.29 is 4.74 Å². The van der Waals surface area contributed by atoms with E-state index in [-0.39, 0.29) is 0 Å². The summed E-state index contributed by atoms with van der Waals surface area (Å²) in [6.45, 7) is 7.85. The maximum Gasteiger partial charge on any atom is 0.0493 e. The van der Waals surface area contributed by atoms with E-state index in [9.17, 15) is 0 Å². The summed E-state index contributed by atoms with van der Waals surface area (Å²) in [6, 6.07) is 0. The van der Waals surface area contributed by atoms with Crippen molar-refractivity contribution in [1.82, 2.24) is 0 Å². The van der Waals surface area contributed by atoms with Gasteiger partial charge in [0.15, 0.2) is 0 Å². The molecule has 14 heavy (non-hydrogen) atoms. The van der Waals surface area contributed by atoms with Gasteiger partial charge in [-0.1, -0.05) is 20.8 Å². The van der Waals surface area contributed by atoms with Gasteiger partial charge < -0.3 is 4.74 Å². The summed E-state index contributed by atoms with van der Waals surface area (Å²) in [5, 5.41) is 0.369. The predicted octanol–water partition coefficient (Wildman–Crippen LogP) is 3.70. The van der Waals surface area contributed by atoms with E-state index < -0.39 is 0 Å². The van der Waals surface area contributed by atoms with E-state index >= 15 is 0 Å². The standard InChI is InChI=1S/C12H23ClO/c1-12(2,3)11-6-5-10(13)7-9(11)8-14-4/h9-11H,5-8H2,1-4H3. The van der Waals surface area contributed by atoms with E-state index in [1.807, 2.05) is 0 Å². The van der Waals surface area contributed by atoms with Crippen molar-refractivity contribution in [2.24, 2.45) is 17.3 Å². The zero-order chi connectivity index (χ0) is 10.8. The third kappa shape index (κ3) is 3.13. The van der Waals surface area contributed by atoms with Gasteiger partial charge in [-0.2, -0.15) is 0 Å². The Labute approximate surface area is 93.2 Å². The van der Waals surface area contributed by atoms with Crippen LogP contribution in [-0.4, -0.2) is 19.1 Å². The molecule has 0 N–H and O–H groups in total. The third-order valence-corrected chi connectivity index (χ3v) is 3.81. The van der Waals surface area contributed by atoms with Gasteiger partial charge in [-0.25, -0.2) is 0 Å². The minimum Gasteiger partial charge on any atom is -0.384 e. The highest BCUT2D eigenvalue weighted by Gasteiger charge is 2.36. The van der Waals surface area contributed by atoms with Crippen LogP contribution in [0.5, 0.6) is 0 Å². The van der Waals surface area contributed by atoms with Crippen LogP contribution < -0.4 is 0 Å². The van der Waals surface area contributed by atoms with E-state index in [0.717, 1.165) is 18.9 Å². The first-order chi connectivity index (χ1) is 6.45. The Bertz CT molecular complexity index is 174. The monoisotopic (exact) mass is 218 g/mol. The van der Waals surface area contributed by atoms with Gasteiger partial charge >= 0.3 is 0 Å². The van der Waals surface area contributed by atoms with Crippen molar-refractivity contribution in [2.75, 3.05) is 13.7 Å². The molecule has 0 saturated heterocycles. The van der Waals surface area contributed by atoms with Crippen molar-refractivity contribution in [3.8, 4) is 0 Å². The van der Waals surface area contributed by atoms with Gasteiger partial charge in [-0.15, -0.1) is 11.6 Å². The molecular weight excluding hydrogens is 196 g/mol. The van der Waals surface area contributed by atoms with Crippen LogP contribution in [0.25, 0.3) is 0 Å². The van der Waals surface area contributed by atoms with E-state index in [4.69, 9.17) is 16.3 Å². The molecule has 0 aliphatic heterocycles. The van der Waals surface area contributed by atoms with E-state index in [2.05, 4.69) is 20.8 Å². The van der Waals surface area contributed by atoms with Crippen LogP contribution in [0, 0.1) is 17.3 Å². The number of rotatable bonds is 2. The third-order valence-electron chi connectivity index (χ3n) is 3.41. The molecule has 2 heteroatoms. The van der Waals surface area contributed by atoms with Crippen molar-refractivity contribution in [2.45, 2.75) is 45.4 Å². The van der Waals surface area contributed by atoms with Gasteiger partial charge in [-0.3, -0.25) is 0 Å². The lowest BCUT2D eigenvalue weighted by atomic mass is 9.66. The Morgan fingerprint density at radius 2 is 1.93 bits per heavy atom. The molecular formula is C12H23ClO. The number of halogens is 1. The van der Waals surface area contributed by atoms with Crippen molar-refractivity contribution in [3.63, 3.8) is 0 Å². The molecule has 3 atom stereocenters. The molecule has 0 aromatic heterocycles. The predicted molar refractivity (Wildman–Crippen MR) is 61.8 cm³/mol. The van der Waals surface area contributed by atoms with Crippen molar-refractivity contribution >= 4 is 11.6 Å². The zero-order valence-electron chi connectivity index (χ0n) is 9.85. The van der Waals surface area contributed by atoms with Gasteiger partial charge in [0.1, 0.15) is 0 Å². The van der Waals surface area contributed by atoms with Gasteiger partial charge in [0, 0.05) is 19.1 Å². The van der Waals surface area contributed by atoms with Crippen LogP contribution in [0.2, 0.25) is 0 Å². The second-order valence-electron chi connectivity index (χ2n) is 5.60. The van der Waals surface area contributed by atoms with E-state index in [0.29, 0.717) is 16.7 Å². The van der Waals surface area contributed by atoms with Crippen LogP contribution in [0.4, 0.5) is 0 Å². The second-order valence-corrected chi connectivity index (χ2v) is 6.22. The average molecular weight is 219 g/mol. The molecule has 0 spiro atoms. The van der Waals surface area contributed by atoms with Crippen molar-refractivity contribution in [3.05, 3.63) is 0 Å². The molecule has 0 radical (unpaired) electrons. The molecule has 0 amide bonds. The number of ether oxygens (including phenoxy) is 1. The lowest BCUT2D eigenvalue weighted by molar-refractivity contribution is 0.0425. The number of hydrogen-bond donors (Lipinski definition) is 0. The molecule has 84 valence electrons. The van der Waals surface area contributed by atoms with Crippen LogP contribution in [0.3, 0.4) is 0 Å². The molecule has 0 aromatic rings. The molecule has 3 unspecified atom stereocenters. The van der Waals surface area contributed by atoms with E-state index in [1.165, 1.54) is 12.8 Å². The number of hydrogen-bond acceptors (Lipinski definition) is 1. The topological polar surface area (TPSA) is 9.23 Å². The first-order valence-corrected chi connectivity index (χ1v) is 6.01. The Morgan fingerprint density at radius 1 is 1.29 bits per heavy atom. The zero-order valence-corrected chi connectivity index (χ0v) is 10.6. The molecule has 1 rings (SSSR count). The van der Waals surface area contributed by atoms with Gasteiger partial charge in [0.25, 0.3) is 0 Å². The fourth-order valence-electron chi connectivity index (χ4n) is 2.75. The minimum absolute atomic E-state index is 0.369. The maximum absolute atomic E-state index is 6.21. The quantitative estimate of drug-likeness (QED) is 0.643. The minimum atomic E-state index is 0.369. The molecule has 0 bridgehead atoms. The molecule has 1 fully saturated rings. The Kier molecular flexibility index (Phi) is 4.27. The van der Waals surface area contributed by atoms with Crippen LogP contribution >= 0.6 is 11.6 Å². The fraction of sp³-hybridized carbons (Fsp3) is 1.00. The Hall–Kier alpha value is 0.250. The van der Waals surface area contributed by atoms with Crippen LogP contribution in [0.1, 0.15) is 40.0 Å². The average Bonchev–Trinajstić information content (AvgIpc) is 2.02. The number of alkyl halides is 1. The highest BCUT2D eigenvalue weighted by molar-refractivity contribution is 6.20. The smallest absolute Gasteiger partial charge is 0.0493 e. The summed E-state index contributed by atoms with van der Waals surface area (Å²) in [5.74, 6) is 1.41. The molecule has 0 aromatic carbocycles. The molecule has 1 aliphatic rings. The van der Waals surface area contributed by atoms with E-state index in [1.54, 1.807) is 7.11 Å². The summed E-state index contributed by atoms with van der Waals surface area (Å²) in [7, 11) is 1.79. The lowest BCUT2D eigenvalue weighted by Crippen LogP contribution is -2.36. The number of methoxy groups -OCH3 is 1. The first kappa shape index (κ1) is 12.3. The molecule has 0 heterocycles. The summed E-state index contributed by atoms with van der Waals surface area (Å²) in [6.07, 6.45) is 3.55. The first-order valence-electron chi connectivity index (χ1n) is 5.58. The summed E-state index contributed by atoms with van der Waals surface area (Å²) >= 11 is 6.21. The Balaban J connectivity index is 2.62. The molecule has 1 saturated carbocycles. The summed E-state index contributed by atoms with van der Waals surface area (Å²) in [4.78, 5) is 0. The highest BCUT2D eigenvalue weighted by Crippen LogP contribution is 2.43. The van der Waals surface area contributed by atoms with Crippen LogP contribution in [0.15, 0.2) is 0 Å². The highest BCUT2D eigenvalue weighted by atomic mass is 35.5. The normalized spacial score (nSPS) is 34.5. The lowest BCUT2D eigenvalue weighted by Gasteiger charge is -2.41. The molecule has 1 nitrogen and oxygen atoms in total. The fourth-order valence-corrected chi connectivity index (χ4v) is 3.10. The summed E-state index contributed by atoms with van der Waals surface area (Å²) in [5.41, 5.74) is 0.389. The Morgan fingerprint density at radius 3 is 2.43 bits per heavy atom. The maximum atomic E-state index is 6.21. The van der Waals surface area contributed by atoms with Crippen LogP contribution in [-0.2, 0) is 4.74 Å². The van der Waals surface area contributed by atoms with Gasteiger partial charge in [0.05, 0.1) is 0 Å². The molecule has 1 aliphatic carbocycles.